The van der Waals surface area contributed by atoms with Crippen molar-refractivity contribution in [3.05, 3.63) is 48.0 Å². The molecule has 6 heteroatoms. The van der Waals surface area contributed by atoms with Gasteiger partial charge in [-0.1, -0.05) is 18.2 Å². The lowest BCUT2D eigenvalue weighted by Gasteiger charge is -2.10. The molecule has 110 valence electrons. The Labute approximate surface area is 137 Å². The van der Waals surface area contributed by atoms with Crippen LogP contribution in [0.4, 0.5) is 0 Å². The van der Waals surface area contributed by atoms with Gasteiger partial charge in [0.05, 0.1) is 0 Å². The number of hydrogen-bond acceptors (Lipinski definition) is 2. The summed E-state index contributed by atoms with van der Waals surface area (Å²) in [5, 5.41) is 8.85. The first-order chi connectivity index (χ1) is 9.21. The Balaban J connectivity index is 0.00000361. The maximum atomic E-state index is 11.4. The summed E-state index contributed by atoms with van der Waals surface area (Å²) in [5.74, 6) is 0.637. The number of benzene rings is 1. The van der Waals surface area contributed by atoms with Crippen LogP contribution in [0.3, 0.4) is 0 Å². The normalized spacial score (nSPS) is 10.2. The summed E-state index contributed by atoms with van der Waals surface area (Å²) in [4.78, 5) is 15.5. The third-order valence-electron chi connectivity index (χ3n) is 2.54. The summed E-state index contributed by atoms with van der Waals surface area (Å²) in [7, 11) is 3.33. The molecule has 0 spiro atoms. The van der Waals surface area contributed by atoms with Crippen LogP contribution in [-0.2, 0) is 6.54 Å². The Morgan fingerprint density at radius 1 is 1.30 bits per heavy atom. The first-order valence-corrected chi connectivity index (χ1v) is 6.07. The van der Waals surface area contributed by atoms with Crippen molar-refractivity contribution in [3.63, 3.8) is 0 Å². The highest BCUT2D eigenvalue weighted by atomic mass is 127. The van der Waals surface area contributed by atoms with E-state index in [9.17, 15) is 4.79 Å². The van der Waals surface area contributed by atoms with Crippen molar-refractivity contribution in [2.24, 2.45) is 4.99 Å². The van der Waals surface area contributed by atoms with Crippen LogP contribution >= 0.6 is 24.0 Å². The van der Waals surface area contributed by atoms with Gasteiger partial charge in [-0.3, -0.25) is 9.79 Å². The molecule has 0 aromatic heterocycles. The van der Waals surface area contributed by atoms with E-state index in [0.717, 1.165) is 11.5 Å². The molecule has 1 rings (SSSR count). The number of halogens is 1. The summed E-state index contributed by atoms with van der Waals surface area (Å²) >= 11 is 0. The Hall–Kier alpha value is -1.57. The molecule has 20 heavy (non-hydrogen) atoms. The molecule has 0 heterocycles. The molecule has 0 radical (unpaired) electrons. The zero-order chi connectivity index (χ0) is 14.1. The van der Waals surface area contributed by atoms with Crippen molar-refractivity contribution in [1.29, 1.82) is 0 Å². The van der Waals surface area contributed by atoms with Crippen molar-refractivity contribution in [3.8, 4) is 0 Å². The van der Waals surface area contributed by atoms with Crippen LogP contribution in [0.2, 0.25) is 0 Å². The quantitative estimate of drug-likeness (QED) is 0.310. The van der Waals surface area contributed by atoms with Gasteiger partial charge in [0.2, 0.25) is 0 Å². The maximum Gasteiger partial charge on any atom is 0.251 e. The molecule has 1 amide bonds. The van der Waals surface area contributed by atoms with Gasteiger partial charge in [0.1, 0.15) is 0 Å². The Bertz CT molecular complexity index is 457. The van der Waals surface area contributed by atoms with Crippen LogP contribution in [0, 0.1) is 0 Å². The van der Waals surface area contributed by atoms with E-state index in [1.807, 2.05) is 12.1 Å². The Morgan fingerprint density at radius 3 is 2.45 bits per heavy atom. The molecule has 0 bridgehead atoms. The van der Waals surface area contributed by atoms with E-state index in [-0.39, 0.29) is 29.9 Å². The van der Waals surface area contributed by atoms with Gasteiger partial charge in [-0.15, -0.1) is 30.6 Å². The molecular formula is C14H21IN4O. The fraction of sp³-hybridized carbons (Fsp3) is 0.286. The van der Waals surface area contributed by atoms with Crippen LogP contribution in [0.1, 0.15) is 15.9 Å². The van der Waals surface area contributed by atoms with Gasteiger partial charge >= 0.3 is 0 Å². The standard InChI is InChI=1S/C14H20N4O.HI/c1-4-9-17-14(16-3)18-10-11-5-7-12(8-6-11)13(19)15-2;/h4-8H,1,9-10H2,2-3H3,(H,15,19)(H2,16,17,18);1H. The molecule has 0 unspecified atom stereocenters. The number of carbonyl (C=O) groups is 1. The summed E-state index contributed by atoms with van der Waals surface area (Å²) in [6, 6.07) is 7.43. The van der Waals surface area contributed by atoms with E-state index in [2.05, 4.69) is 27.5 Å². The highest BCUT2D eigenvalue weighted by Crippen LogP contribution is 2.04. The molecule has 0 atom stereocenters. The van der Waals surface area contributed by atoms with Crippen LogP contribution in [0.5, 0.6) is 0 Å². The Morgan fingerprint density at radius 2 is 1.95 bits per heavy atom. The number of amides is 1. The SMILES string of the molecule is C=CCNC(=NC)NCc1ccc(C(=O)NC)cc1.I. The first-order valence-electron chi connectivity index (χ1n) is 6.07. The van der Waals surface area contributed by atoms with Gasteiger partial charge in [-0.05, 0) is 17.7 Å². The van der Waals surface area contributed by atoms with Gasteiger partial charge < -0.3 is 16.0 Å². The monoisotopic (exact) mass is 388 g/mol. The van der Waals surface area contributed by atoms with Crippen LogP contribution in [-0.4, -0.2) is 32.5 Å². The summed E-state index contributed by atoms with van der Waals surface area (Å²) in [6.07, 6.45) is 1.77. The molecule has 0 aliphatic rings. The van der Waals surface area contributed by atoms with E-state index in [0.29, 0.717) is 18.7 Å². The van der Waals surface area contributed by atoms with E-state index in [1.165, 1.54) is 0 Å². The average molecular weight is 388 g/mol. The van der Waals surface area contributed by atoms with Gasteiger partial charge in [0, 0.05) is 32.7 Å². The zero-order valence-electron chi connectivity index (χ0n) is 11.8. The summed E-state index contributed by atoms with van der Waals surface area (Å²) in [6.45, 7) is 4.94. The lowest BCUT2D eigenvalue weighted by Crippen LogP contribution is -2.36. The second-order valence-electron chi connectivity index (χ2n) is 3.87. The fourth-order valence-corrected chi connectivity index (χ4v) is 1.49. The number of rotatable bonds is 5. The molecule has 1 aromatic rings. The molecule has 5 nitrogen and oxygen atoms in total. The van der Waals surface area contributed by atoms with E-state index >= 15 is 0 Å². The third-order valence-corrected chi connectivity index (χ3v) is 2.54. The number of aliphatic imine (C=N–C) groups is 1. The van der Waals surface area contributed by atoms with Gasteiger partial charge in [-0.25, -0.2) is 0 Å². The molecule has 0 aliphatic carbocycles. The topological polar surface area (TPSA) is 65.5 Å². The van der Waals surface area contributed by atoms with Crippen molar-refractivity contribution in [1.82, 2.24) is 16.0 Å². The van der Waals surface area contributed by atoms with Gasteiger partial charge in [-0.2, -0.15) is 0 Å². The highest BCUT2D eigenvalue weighted by Gasteiger charge is 2.02. The summed E-state index contributed by atoms with van der Waals surface area (Å²) < 4.78 is 0. The molecule has 0 saturated heterocycles. The van der Waals surface area contributed by atoms with Crippen molar-refractivity contribution < 1.29 is 4.79 Å². The minimum absolute atomic E-state index is 0. The minimum atomic E-state index is -0.0806. The van der Waals surface area contributed by atoms with E-state index in [4.69, 9.17) is 0 Å². The molecule has 0 aliphatic heterocycles. The smallest absolute Gasteiger partial charge is 0.251 e. The van der Waals surface area contributed by atoms with Crippen LogP contribution in [0.25, 0.3) is 0 Å². The fourth-order valence-electron chi connectivity index (χ4n) is 1.49. The van der Waals surface area contributed by atoms with Crippen molar-refractivity contribution in [2.75, 3.05) is 20.6 Å². The number of nitrogens with zero attached hydrogens (tertiary/aromatic N) is 1. The minimum Gasteiger partial charge on any atom is -0.355 e. The predicted octanol–water partition coefficient (Wildman–Crippen LogP) is 1.52. The molecular weight excluding hydrogens is 367 g/mol. The lowest BCUT2D eigenvalue weighted by molar-refractivity contribution is 0.0963. The second kappa shape index (κ2) is 10.2. The predicted molar refractivity (Wildman–Crippen MR) is 93.6 cm³/mol. The highest BCUT2D eigenvalue weighted by molar-refractivity contribution is 14.0. The van der Waals surface area contributed by atoms with Crippen LogP contribution in [0.15, 0.2) is 41.9 Å². The number of carbonyl (C=O) groups excluding carboxylic acids is 1. The maximum absolute atomic E-state index is 11.4. The molecule has 1 aromatic carbocycles. The van der Waals surface area contributed by atoms with Crippen LogP contribution < -0.4 is 16.0 Å². The summed E-state index contributed by atoms with van der Waals surface area (Å²) in [5.41, 5.74) is 1.73. The van der Waals surface area contributed by atoms with Crippen molar-refractivity contribution in [2.45, 2.75) is 6.54 Å². The third kappa shape index (κ3) is 6.05. The average Bonchev–Trinajstić information content (AvgIpc) is 2.47. The first kappa shape index (κ1) is 18.4. The number of nitrogens with one attached hydrogen (secondary N) is 3. The van der Waals surface area contributed by atoms with Gasteiger partial charge in [0.15, 0.2) is 5.96 Å². The lowest BCUT2D eigenvalue weighted by atomic mass is 10.1. The number of hydrogen-bond donors (Lipinski definition) is 3. The molecule has 0 saturated carbocycles. The molecule has 0 fully saturated rings. The molecule has 3 N–H and O–H groups in total. The van der Waals surface area contributed by atoms with E-state index < -0.39 is 0 Å². The second-order valence-corrected chi connectivity index (χ2v) is 3.87. The zero-order valence-corrected chi connectivity index (χ0v) is 14.1. The Kier molecular flexibility index (Phi) is 9.44. The van der Waals surface area contributed by atoms with Crippen molar-refractivity contribution >= 4 is 35.8 Å². The number of guanidine groups is 1. The largest absolute Gasteiger partial charge is 0.355 e. The van der Waals surface area contributed by atoms with E-state index in [1.54, 1.807) is 32.3 Å². The van der Waals surface area contributed by atoms with Gasteiger partial charge in [0.25, 0.3) is 5.91 Å².